The molecule has 1 atom stereocenters. The molecule has 0 aliphatic carbocycles. The van der Waals surface area contributed by atoms with E-state index in [2.05, 4.69) is 63.7 Å². The summed E-state index contributed by atoms with van der Waals surface area (Å²) in [4.78, 5) is 17.0. The molecule has 1 saturated heterocycles. The van der Waals surface area contributed by atoms with Gasteiger partial charge in [-0.05, 0) is 86.7 Å². The summed E-state index contributed by atoms with van der Waals surface area (Å²) in [6, 6.07) is 0.368. The van der Waals surface area contributed by atoms with Crippen molar-refractivity contribution in [2.24, 2.45) is 0 Å². The van der Waals surface area contributed by atoms with Gasteiger partial charge < -0.3 is 9.80 Å². The largest absolute Gasteiger partial charge is 0.335 e. The van der Waals surface area contributed by atoms with Crippen LogP contribution in [0.4, 0.5) is 0 Å². The summed E-state index contributed by atoms with van der Waals surface area (Å²) in [5.41, 5.74) is 4.03. The van der Waals surface area contributed by atoms with Crippen LogP contribution in [0.2, 0.25) is 0 Å². The third-order valence-corrected chi connectivity index (χ3v) is 4.98. The van der Waals surface area contributed by atoms with Gasteiger partial charge in [-0.25, -0.2) is 0 Å². The highest BCUT2D eigenvalue weighted by atomic mass is 16.2. The van der Waals surface area contributed by atoms with Crippen molar-refractivity contribution in [1.29, 1.82) is 0 Å². The zero-order valence-electron chi connectivity index (χ0n) is 18.0. The Hall–Kier alpha value is -1.35. The van der Waals surface area contributed by atoms with Gasteiger partial charge in [-0.1, -0.05) is 28.9 Å². The topological polar surface area (TPSA) is 23.6 Å². The van der Waals surface area contributed by atoms with Gasteiger partial charge in [0.15, 0.2) is 0 Å². The molecule has 0 spiro atoms. The maximum absolute atomic E-state index is 12.7. The molecule has 1 amide bonds. The van der Waals surface area contributed by atoms with Crippen LogP contribution in [0.25, 0.3) is 0 Å². The van der Waals surface area contributed by atoms with Crippen LogP contribution < -0.4 is 0 Å². The summed E-state index contributed by atoms with van der Waals surface area (Å²) >= 11 is 0. The molecule has 26 heavy (non-hydrogen) atoms. The molecule has 0 aromatic carbocycles. The molecule has 1 unspecified atom stereocenters. The van der Waals surface area contributed by atoms with Crippen LogP contribution >= 0.6 is 0 Å². The van der Waals surface area contributed by atoms with Gasteiger partial charge in [-0.2, -0.15) is 0 Å². The quantitative estimate of drug-likeness (QED) is 0.409. The first kappa shape index (κ1) is 22.7. The van der Waals surface area contributed by atoms with Crippen LogP contribution in [-0.4, -0.2) is 48.9 Å². The number of carbonyl (C=O) groups is 1. The van der Waals surface area contributed by atoms with E-state index >= 15 is 0 Å². The lowest BCUT2D eigenvalue weighted by Gasteiger charge is -2.36. The van der Waals surface area contributed by atoms with Gasteiger partial charge in [0.1, 0.15) is 0 Å². The Morgan fingerprint density at radius 2 is 1.65 bits per heavy atom. The van der Waals surface area contributed by atoms with Gasteiger partial charge in [0.2, 0.25) is 5.91 Å². The molecule has 1 heterocycles. The SMILES string of the molecule is CC(C)=CCCC(C)=CCCC(C)=CC(=O)N1CCCCC1CN(C)C. The first-order chi connectivity index (χ1) is 12.3. The molecule has 1 aliphatic heterocycles. The Morgan fingerprint density at radius 1 is 1.00 bits per heavy atom. The second-order valence-electron chi connectivity index (χ2n) is 8.34. The Morgan fingerprint density at radius 3 is 2.31 bits per heavy atom. The number of likely N-dealkylation sites (tertiary alicyclic amines) is 1. The van der Waals surface area contributed by atoms with E-state index in [1.54, 1.807) is 0 Å². The fourth-order valence-electron chi connectivity index (χ4n) is 3.50. The third kappa shape index (κ3) is 9.38. The zero-order valence-corrected chi connectivity index (χ0v) is 18.0. The summed E-state index contributed by atoms with van der Waals surface area (Å²) in [7, 11) is 4.18. The van der Waals surface area contributed by atoms with E-state index in [1.807, 2.05) is 6.08 Å². The van der Waals surface area contributed by atoms with Crippen LogP contribution in [-0.2, 0) is 4.79 Å². The van der Waals surface area contributed by atoms with E-state index in [0.717, 1.165) is 51.6 Å². The number of carbonyl (C=O) groups excluding carboxylic acids is 1. The average molecular weight is 361 g/mol. The van der Waals surface area contributed by atoms with E-state index in [9.17, 15) is 4.79 Å². The van der Waals surface area contributed by atoms with Gasteiger partial charge in [0.05, 0.1) is 0 Å². The highest BCUT2D eigenvalue weighted by Gasteiger charge is 2.25. The molecule has 0 radical (unpaired) electrons. The van der Waals surface area contributed by atoms with Crippen molar-refractivity contribution < 1.29 is 4.79 Å². The molecule has 1 aliphatic rings. The van der Waals surface area contributed by atoms with Gasteiger partial charge in [-0.3, -0.25) is 4.79 Å². The lowest BCUT2D eigenvalue weighted by Crippen LogP contribution is -2.47. The lowest BCUT2D eigenvalue weighted by atomic mass is 10.0. The van der Waals surface area contributed by atoms with E-state index in [-0.39, 0.29) is 5.91 Å². The second-order valence-corrected chi connectivity index (χ2v) is 8.34. The molecule has 0 aromatic rings. The highest BCUT2D eigenvalue weighted by Crippen LogP contribution is 2.19. The fraction of sp³-hybridized carbons (Fsp3) is 0.696. The van der Waals surface area contributed by atoms with Crippen molar-refractivity contribution in [3.05, 3.63) is 34.9 Å². The first-order valence-electron chi connectivity index (χ1n) is 10.2. The van der Waals surface area contributed by atoms with Crippen molar-refractivity contribution in [2.75, 3.05) is 27.2 Å². The van der Waals surface area contributed by atoms with Crippen LogP contribution in [0, 0.1) is 0 Å². The molecule has 0 aromatic heterocycles. The van der Waals surface area contributed by atoms with Gasteiger partial charge in [-0.15, -0.1) is 0 Å². The van der Waals surface area contributed by atoms with Crippen molar-refractivity contribution in [2.45, 2.75) is 78.7 Å². The van der Waals surface area contributed by atoms with Crippen LogP contribution in [0.3, 0.4) is 0 Å². The number of piperidine rings is 1. The molecule has 148 valence electrons. The molecule has 1 rings (SSSR count). The predicted molar refractivity (Wildman–Crippen MR) is 113 cm³/mol. The number of nitrogens with zero attached hydrogens (tertiary/aromatic N) is 2. The lowest BCUT2D eigenvalue weighted by molar-refractivity contribution is -0.129. The van der Waals surface area contributed by atoms with Crippen LogP contribution in [0.15, 0.2) is 34.9 Å². The number of hydrogen-bond donors (Lipinski definition) is 0. The van der Waals surface area contributed by atoms with E-state index < -0.39 is 0 Å². The smallest absolute Gasteiger partial charge is 0.246 e. The minimum Gasteiger partial charge on any atom is -0.335 e. The summed E-state index contributed by atoms with van der Waals surface area (Å²) in [5, 5.41) is 0. The maximum atomic E-state index is 12.7. The Kier molecular flexibility index (Phi) is 10.6. The van der Waals surface area contributed by atoms with E-state index in [4.69, 9.17) is 0 Å². The molecule has 0 saturated carbocycles. The van der Waals surface area contributed by atoms with E-state index in [1.165, 1.54) is 23.1 Å². The minimum absolute atomic E-state index is 0.207. The van der Waals surface area contributed by atoms with Crippen molar-refractivity contribution in [1.82, 2.24) is 9.80 Å². The molecule has 0 N–H and O–H groups in total. The fourth-order valence-corrected chi connectivity index (χ4v) is 3.50. The molecule has 3 heteroatoms. The second kappa shape index (κ2) is 12.1. The zero-order chi connectivity index (χ0) is 19.5. The molecule has 0 bridgehead atoms. The highest BCUT2D eigenvalue weighted by molar-refractivity contribution is 5.88. The molecular weight excluding hydrogens is 320 g/mol. The van der Waals surface area contributed by atoms with Gasteiger partial charge >= 0.3 is 0 Å². The molecular formula is C23H40N2O. The van der Waals surface area contributed by atoms with Crippen molar-refractivity contribution in [3.63, 3.8) is 0 Å². The van der Waals surface area contributed by atoms with Crippen molar-refractivity contribution >= 4 is 5.91 Å². The minimum atomic E-state index is 0.207. The maximum Gasteiger partial charge on any atom is 0.246 e. The number of amides is 1. The summed E-state index contributed by atoms with van der Waals surface area (Å²) in [6.07, 6.45) is 14.3. The van der Waals surface area contributed by atoms with Gasteiger partial charge in [0, 0.05) is 25.2 Å². The summed E-state index contributed by atoms with van der Waals surface area (Å²) < 4.78 is 0. The molecule has 3 nitrogen and oxygen atoms in total. The Bertz CT molecular complexity index is 524. The monoisotopic (exact) mass is 360 g/mol. The number of rotatable bonds is 9. The van der Waals surface area contributed by atoms with Gasteiger partial charge in [0.25, 0.3) is 0 Å². The van der Waals surface area contributed by atoms with Crippen molar-refractivity contribution in [3.8, 4) is 0 Å². The summed E-state index contributed by atoms with van der Waals surface area (Å²) in [6.45, 7) is 10.5. The average Bonchev–Trinajstić information content (AvgIpc) is 2.54. The van der Waals surface area contributed by atoms with E-state index in [0.29, 0.717) is 6.04 Å². The first-order valence-corrected chi connectivity index (χ1v) is 10.2. The summed E-state index contributed by atoms with van der Waals surface area (Å²) in [5.74, 6) is 0.207. The normalized spacial score (nSPS) is 19.0. The van der Waals surface area contributed by atoms with Crippen LogP contribution in [0.1, 0.15) is 72.6 Å². The number of hydrogen-bond acceptors (Lipinski definition) is 2. The number of likely N-dealkylation sites (N-methyl/N-ethyl adjacent to an activating group) is 1. The van der Waals surface area contributed by atoms with Crippen LogP contribution in [0.5, 0.6) is 0 Å². The number of allylic oxidation sites excluding steroid dienone is 5. The molecule has 1 fully saturated rings. The predicted octanol–water partition coefficient (Wildman–Crippen LogP) is 5.35. The Balaban J connectivity index is 2.49. The third-order valence-electron chi connectivity index (χ3n) is 4.98. The Labute approximate surface area is 161 Å². The standard InChI is InChI=1S/C23H40N2O/c1-19(2)11-9-12-20(3)13-10-14-21(4)17-23(26)25-16-8-7-15-22(25)18-24(5)6/h11,13,17,22H,7-10,12,14-16,18H2,1-6H3.